The van der Waals surface area contributed by atoms with Crippen LogP contribution in [0.3, 0.4) is 0 Å². The van der Waals surface area contributed by atoms with E-state index in [1.807, 2.05) is 35.7 Å². The lowest BCUT2D eigenvalue weighted by molar-refractivity contribution is -0.132. The van der Waals surface area contributed by atoms with Crippen molar-refractivity contribution in [1.29, 1.82) is 0 Å². The molecule has 3 amide bonds. The van der Waals surface area contributed by atoms with Crippen molar-refractivity contribution in [3.63, 3.8) is 0 Å². The lowest BCUT2D eigenvalue weighted by atomic mass is 10.1. The Hall–Kier alpha value is -3.98. The Morgan fingerprint density at radius 3 is 2.35 bits per heavy atom. The number of nitrogens with one attached hydrogen (secondary N) is 1. The quantitative estimate of drug-likeness (QED) is 0.317. The summed E-state index contributed by atoms with van der Waals surface area (Å²) in [6, 6.07) is 16.3. The number of carbonyl (C=O) groups excluding carboxylic acids is 2. The first kappa shape index (κ1) is 27.6. The van der Waals surface area contributed by atoms with Crippen LogP contribution >= 0.6 is 11.3 Å². The largest absolute Gasteiger partial charge is 0.497 e. The van der Waals surface area contributed by atoms with E-state index < -0.39 is 0 Å². The molecule has 1 aromatic heterocycles. The zero-order valence-corrected chi connectivity index (χ0v) is 22.3. The van der Waals surface area contributed by atoms with Crippen LogP contribution in [-0.4, -0.2) is 62.7 Å². The highest BCUT2D eigenvalue weighted by molar-refractivity contribution is 7.09. The van der Waals surface area contributed by atoms with E-state index in [4.69, 9.17) is 14.2 Å². The van der Waals surface area contributed by atoms with E-state index in [1.54, 1.807) is 67.9 Å². The van der Waals surface area contributed by atoms with Crippen molar-refractivity contribution >= 4 is 29.0 Å². The summed E-state index contributed by atoms with van der Waals surface area (Å²) < 4.78 is 15.9. The molecular weight excluding hydrogens is 490 g/mol. The molecule has 3 rings (SSSR count). The fourth-order valence-corrected chi connectivity index (χ4v) is 4.42. The lowest BCUT2D eigenvalue weighted by Crippen LogP contribution is -2.44. The number of methoxy groups -OCH3 is 3. The van der Waals surface area contributed by atoms with Crippen LogP contribution in [-0.2, 0) is 17.8 Å². The molecule has 1 N–H and O–H groups in total. The van der Waals surface area contributed by atoms with Gasteiger partial charge in [-0.1, -0.05) is 18.2 Å². The standard InChI is InChI=1S/C28H33N3O5S/c1-5-15-31(28(33)29-22-9-11-23(34-2)12-10-22)20-27(32)30(19-24-7-6-17-37-24)16-14-21-8-13-25(35-3)26(18-21)36-4/h5-13,17-18H,1,14-16,19-20H2,2-4H3,(H,29,33). The van der Waals surface area contributed by atoms with Crippen molar-refractivity contribution in [3.05, 3.63) is 83.1 Å². The van der Waals surface area contributed by atoms with Gasteiger partial charge in [0, 0.05) is 23.7 Å². The Balaban J connectivity index is 1.71. The average molecular weight is 524 g/mol. The summed E-state index contributed by atoms with van der Waals surface area (Å²) in [6.07, 6.45) is 2.23. The number of carbonyl (C=O) groups is 2. The molecule has 8 nitrogen and oxygen atoms in total. The van der Waals surface area contributed by atoms with E-state index >= 15 is 0 Å². The van der Waals surface area contributed by atoms with Gasteiger partial charge in [0.25, 0.3) is 0 Å². The zero-order valence-electron chi connectivity index (χ0n) is 21.4. The van der Waals surface area contributed by atoms with Crippen molar-refractivity contribution in [2.75, 3.05) is 46.3 Å². The molecular formula is C28H33N3O5S. The van der Waals surface area contributed by atoms with Crippen LogP contribution in [0.15, 0.2) is 72.6 Å². The third-order valence-electron chi connectivity index (χ3n) is 5.70. The summed E-state index contributed by atoms with van der Waals surface area (Å²) in [7, 11) is 4.77. The maximum absolute atomic E-state index is 13.5. The molecule has 0 atom stereocenters. The normalized spacial score (nSPS) is 10.4. The van der Waals surface area contributed by atoms with Crippen LogP contribution in [0.4, 0.5) is 10.5 Å². The van der Waals surface area contributed by atoms with Gasteiger partial charge < -0.3 is 29.3 Å². The molecule has 0 radical (unpaired) electrons. The Morgan fingerprint density at radius 2 is 1.73 bits per heavy atom. The van der Waals surface area contributed by atoms with Gasteiger partial charge in [-0.2, -0.15) is 0 Å². The van der Waals surface area contributed by atoms with Crippen molar-refractivity contribution < 1.29 is 23.8 Å². The molecule has 0 aliphatic heterocycles. The number of benzene rings is 2. The molecule has 0 aliphatic carbocycles. The highest BCUT2D eigenvalue weighted by Gasteiger charge is 2.21. The number of ether oxygens (including phenoxy) is 3. The predicted octanol–water partition coefficient (Wildman–Crippen LogP) is 5.07. The van der Waals surface area contributed by atoms with E-state index in [0.29, 0.717) is 42.4 Å². The smallest absolute Gasteiger partial charge is 0.322 e. The predicted molar refractivity (Wildman–Crippen MR) is 147 cm³/mol. The minimum absolute atomic E-state index is 0.0781. The second kappa shape index (κ2) is 13.9. The van der Waals surface area contributed by atoms with E-state index in [1.165, 1.54) is 4.90 Å². The SMILES string of the molecule is C=CCN(CC(=O)N(CCc1ccc(OC)c(OC)c1)Cc1cccs1)C(=O)Nc1ccc(OC)cc1. The van der Waals surface area contributed by atoms with E-state index in [2.05, 4.69) is 11.9 Å². The highest BCUT2D eigenvalue weighted by atomic mass is 32.1. The molecule has 0 unspecified atom stereocenters. The fraction of sp³-hybridized carbons (Fsp3) is 0.286. The van der Waals surface area contributed by atoms with Gasteiger partial charge in [0.1, 0.15) is 12.3 Å². The maximum atomic E-state index is 13.5. The summed E-state index contributed by atoms with van der Waals surface area (Å²) >= 11 is 1.59. The van der Waals surface area contributed by atoms with Crippen molar-refractivity contribution in [2.45, 2.75) is 13.0 Å². The summed E-state index contributed by atoms with van der Waals surface area (Å²) in [5.41, 5.74) is 1.62. The summed E-state index contributed by atoms with van der Waals surface area (Å²) in [4.78, 5) is 30.7. The first-order chi connectivity index (χ1) is 18.0. The Bertz CT molecular complexity index is 1170. The zero-order chi connectivity index (χ0) is 26.6. The van der Waals surface area contributed by atoms with Gasteiger partial charge in [-0.05, 0) is 59.8 Å². The number of urea groups is 1. The van der Waals surface area contributed by atoms with Gasteiger partial charge in [0.2, 0.25) is 5.91 Å². The summed E-state index contributed by atoms with van der Waals surface area (Å²) in [5.74, 6) is 1.83. The van der Waals surface area contributed by atoms with Gasteiger partial charge in [-0.25, -0.2) is 4.79 Å². The molecule has 3 aromatic rings. The molecule has 1 heterocycles. The highest BCUT2D eigenvalue weighted by Crippen LogP contribution is 2.28. The van der Waals surface area contributed by atoms with E-state index in [9.17, 15) is 9.59 Å². The first-order valence-corrected chi connectivity index (χ1v) is 12.7. The molecule has 37 heavy (non-hydrogen) atoms. The van der Waals surface area contributed by atoms with Crippen LogP contribution in [0.5, 0.6) is 17.2 Å². The number of hydrogen-bond donors (Lipinski definition) is 1. The Morgan fingerprint density at radius 1 is 0.973 bits per heavy atom. The topological polar surface area (TPSA) is 80.3 Å². The molecule has 0 spiro atoms. The van der Waals surface area contributed by atoms with Gasteiger partial charge in [0.15, 0.2) is 11.5 Å². The number of amides is 3. The minimum Gasteiger partial charge on any atom is -0.497 e. The van der Waals surface area contributed by atoms with Crippen LogP contribution in [0.2, 0.25) is 0 Å². The lowest BCUT2D eigenvalue weighted by Gasteiger charge is -2.27. The molecule has 2 aromatic carbocycles. The van der Waals surface area contributed by atoms with Crippen LogP contribution < -0.4 is 19.5 Å². The van der Waals surface area contributed by atoms with Crippen LogP contribution in [0, 0.1) is 0 Å². The van der Waals surface area contributed by atoms with Crippen LogP contribution in [0.1, 0.15) is 10.4 Å². The van der Waals surface area contributed by atoms with E-state index in [-0.39, 0.29) is 25.0 Å². The second-order valence-corrected chi connectivity index (χ2v) is 9.19. The van der Waals surface area contributed by atoms with Crippen molar-refractivity contribution in [2.24, 2.45) is 0 Å². The third-order valence-corrected chi connectivity index (χ3v) is 6.56. The Labute approximate surface area is 222 Å². The first-order valence-electron chi connectivity index (χ1n) is 11.8. The van der Waals surface area contributed by atoms with Crippen molar-refractivity contribution in [3.8, 4) is 17.2 Å². The number of nitrogens with zero attached hydrogens (tertiary/aromatic N) is 2. The fourth-order valence-electron chi connectivity index (χ4n) is 3.70. The summed E-state index contributed by atoms with van der Waals surface area (Å²) in [5, 5.41) is 4.82. The van der Waals surface area contributed by atoms with Crippen molar-refractivity contribution in [1.82, 2.24) is 9.80 Å². The number of thiophene rings is 1. The second-order valence-electron chi connectivity index (χ2n) is 8.16. The maximum Gasteiger partial charge on any atom is 0.322 e. The Kier molecular flexibility index (Phi) is 10.4. The number of rotatable bonds is 13. The average Bonchev–Trinajstić information content (AvgIpc) is 3.44. The molecule has 0 saturated carbocycles. The van der Waals surface area contributed by atoms with Crippen LogP contribution in [0.25, 0.3) is 0 Å². The van der Waals surface area contributed by atoms with Gasteiger partial charge in [-0.3, -0.25) is 4.79 Å². The molecule has 0 fully saturated rings. The number of anilines is 1. The minimum atomic E-state index is -0.380. The summed E-state index contributed by atoms with van der Waals surface area (Å²) in [6.45, 7) is 4.85. The molecule has 0 bridgehead atoms. The van der Waals surface area contributed by atoms with Gasteiger partial charge in [0.05, 0.1) is 27.9 Å². The molecule has 9 heteroatoms. The van der Waals surface area contributed by atoms with E-state index in [0.717, 1.165) is 10.4 Å². The number of hydrogen-bond acceptors (Lipinski definition) is 6. The van der Waals surface area contributed by atoms with Gasteiger partial charge >= 0.3 is 6.03 Å². The molecule has 0 saturated heterocycles. The third kappa shape index (κ3) is 8.01. The molecule has 0 aliphatic rings. The molecule has 196 valence electrons. The monoisotopic (exact) mass is 523 g/mol. The van der Waals surface area contributed by atoms with Gasteiger partial charge in [-0.15, -0.1) is 17.9 Å².